The molecule has 0 aliphatic carbocycles. The topological polar surface area (TPSA) is 83.6 Å². The Morgan fingerprint density at radius 1 is 1.26 bits per heavy atom. The SMILES string of the molecule is Cc1ccc2c(C(=O)N3CCc4[nH]cnc4[C@H]3c3cc4cccc(F)n4n3)cnn2c1. The van der Waals surface area contributed by atoms with Gasteiger partial charge in [-0.3, -0.25) is 4.79 Å². The number of rotatable bonds is 2. The van der Waals surface area contributed by atoms with Gasteiger partial charge in [-0.1, -0.05) is 12.1 Å². The Balaban J connectivity index is 1.49. The van der Waals surface area contributed by atoms with E-state index in [4.69, 9.17) is 0 Å². The molecule has 0 saturated carbocycles. The van der Waals surface area contributed by atoms with E-state index >= 15 is 0 Å². The highest BCUT2D eigenvalue weighted by Crippen LogP contribution is 2.34. The van der Waals surface area contributed by atoms with Gasteiger partial charge in [0.15, 0.2) is 0 Å². The average molecular weight is 415 g/mol. The summed E-state index contributed by atoms with van der Waals surface area (Å²) in [5.74, 6) is -0.618. The van der Waals surface area contributed by atoms with Crippen molar-refractivity contribution in [2.45, 2.75) is 19.4 Å². The van der Waals surface area contributed by atoms with E-state index in [-0.39, 0.29) is 5.91 Å². The third-order valence-corrected chi connectivity index (χ3v) is 5.82. The summed E-state index contributed by atoms with van der Waals surface area (Å²) in [7, 11) is 0. The first kappa shape index (κ1) is 17.8. The Kier molecular flexibility index (Phi) is 3.73. The number of fused-ring (bicyclic) bond motifs is 3. The highest BCUT2D eigenvalue weighted by molar-refractivity contribution is 6.01. The third kappa shape index (κ3) is 2.66. The lowest BCUT2D eigenvalue weighted by atomic mass is 9.98. The molecule has 0 bridgehead atoms. The van der Waals surface area contributed by atoms with Gasteiger partial charge in [0.05, 0.1) is 40.5 Å². The number of H-pyrrole nitrogens is 1. The summed E-state index contributed by atoms with van der Waals surface area (Å²) in [6.07, 6.45) is 5.76. The maximum Gasteiger partial charge on any atom is 0.258 e. The number of carbonyl (C=O) groups is 1. The largest absolute Gasteiger partial charge is 0.348 e. The van der Waals surface area contributed by atoms with E-state index < -0.39 is 12.0 Å². The standard InChI is InChI=1S/C22H18FN7O/c1-13-5-6-18-15(10-26-29(18)11-13)22(31)28-8-7-16-20(25-12-24-16)21(28)17-9-14-3-2-4-19(23)30(14)27-17/h2-6,9-12,21H,7-8H2,1H3,(H,24,25)/t21-/m1/s1. The van der Waals surface area contributed by atoms with E-state index in [0.717, 1.165) is 22.5 Å². The summed E-state index contributed by atoms with van der Waals surface area (Å²) in [6, 6.07) is 9.91. The van der Waals surface area contributed by atoms with Gasteiger partial charge in [-0.25, -0.2) is 14.0 Å². The lowest BCUT2D eigenvalue weighted by Crippen LogP contribution is -2.41. The molecule has 0 unspecified atom stereocenters. The minimum absolute atomic E-state index is 0.157. The number of pyridine rings is 2. The summed E-state index contributed by atoms with van der Waals surface area (Å²) in [5, 5.41) is 8.83. The van der Waals surface area contributed by atoms with Crippen LogP contribution < -0.4 is 0 Å². The number of amides is 1. The summed E-state index contributed by atoms with van der Waals surface area (Å²) in [6.45, 7) is 2.46. The molecular weight excluding hydrogens is 397 g/mol. The Morgan fingerprint density at radius 2 is 2.16 bits per heavy atom. The van der Waals surface area contributed by atoms with Crippen molar-refractivity contribution in [3.05, 3.63) is 89.3 Å². The van der Waals surface area contributed by atoms with Crippen LogP contribution in [0.25, 0.3) is 11.0 Å². The number of aryl methyl sites for hydroxylation is 1. The van der Waals surface area contributed by atoms with Crippen molar-refractivity contribution in [3.8, 4) is 0 Å². The zero-order valence-electron chi connectivity index (χ0n) is 16.7. The van der Waals surface area contributed by atoms with Crippen LogP contribution in [-0.4, -0.2) is 46.5 Å². The van der Waals surface area contributed by atoms with Gasteiger partial charge in [-0.15, -0.1) is 0 Å². The van der Waals surface area contributed by atoms with Gasteiger partial charge in [-0.2, -0.15) is 14.6 Å². The second kappa shape index (κ2) is 6.49. The van der Waals surface area contributed by atoms with Crippen molar-refractivity contribution in [2.75, 3.05) is 6.54 Å². The van der Waals surface area contributed by atoms with Gasteiger partial charge in [0.25, 0.3) is 5.91 Å². The monoisotopic (exact) mass is 415 g/mol. The highest BCUT2D eigenvalue weighted by Gasteiger charge is 2.37. The van der Waals surface area contributed by atoms with Gasteiger partial charge in [0, 0.05) is 24.9 Å². The number of aromatic nitrogens is 6. The molecular formula is C22H18FN7O. The minimum atomic E-state index is -0.526. The van der Waals surface area contributed by atoms with Gasteiger partial charge in [0.2, 0.25) is 5.95 Å². The lowest BCUT2D eigenvalue weighted by Gasteiger charge is -2.33. The molecule has 1 N–H and O–H groups in total. The third-order valence-electron chi connectivity index (χ3n) is 5.82. The molecule has 1 aliphatic heterocycles. The predicted molar refractivity (Wildman–Crippen MR) is 110 cm³/mol. The Labute approximate surface area is 175 Å². The molecule has 8 nitrogen and oxygen atoms in total. The zero-order valence-corrected chi connectivity index (χ0v) is 16.7. The molecule has 9 heteroatoms. The lowest BCUT2D eigenvalue weighted by molar-refractivity contribution is 0.0689. The average Bonchev–Trinajstić information content (AvgIpc) is 3.50. The molecule has 0 saturated heterocycles. The summed E-state index contributed by atoms with van der Waals surface area (Å²) >= 11 is 0. The molecule has 6 heterocycles. The van der Waals surface area contributed by atoms with E-state index in [1.54, 1.807) is 40.1 Å². The summed E-state index contributed by atoms with van der Waals surface area (Å²) in [5.41, 5.74) is 5.19. The van der Waals surface area contributed by atoms with E-state index in [0.29, 0.717) is 29.7 Å². The molecule has 0 aromatic carbocycles. The molecule has 0 fully saturated rings. The second-order valence-electron chi connectivity index (χ2n) is 7.77. The van der Waals surface area contributed by atoms with Crippen LogP contribution in [0, 0.1) is 12.9 Å². The summed E-state index contributed by atoms with van der Waals surface area (Å²) in [4.78, 5) is 23.1. The molecule has 5 aromatic rings. The van der Waals surface area contributed by atoms with Gasteiger partial charge >= 0.3 is 0 Å². The van der Waals surface area contributed by atoms with Crippen LogP contribution in [0.1, 0.15) is 39.0 Å². The fraction of sp³-hybridized carbons (Fsp3) is 0.182. The quantitative estimate of drug-likeness (QED) is 0.450. The Morgan fingerprint density at radius 3 is 3.03 bits per heavy atom. The summed E-state index contributed by atoms with van der Waals surface area (Å²) < 4.78 is 17.2. The van der Waals surface area contributed by atoms with Crippen LogP contribution in [0.3, 0.4) is 0 Å². The van der Waals surface area contributed by atoms with Crippen LogP contribution in [0.15, 0.2) is 55.1 Å². The first-order valence-corrected chi connectivity index (χ1v) is 10.0. The number of imidazole rings is 1. The number of hydrogen-bond donors (Lipinski definition) is 1. The molecule has 5 aromatic heterocycles. The maximum absolute atomic E-state index is 14.3. The van der Waals surface area contributed by atoms with Crippen LogP contribution in [0.4, 0.5) is 4.39 Å². The molecule has 6 rings (SSSR count). The Bertz CT molecular complexity index is 1460. The van der Waals surface area contributed by atoms with Crippen LogP contribution >= 0.6 is 0 Å². The fourth-order valence-electron chi connectivity index (χ4n) is 4.34. The van der Waals surface area contributed by atoms with Crippen LogP contribution in [0.2, 0.25) is 0 Å². The zero-order chi connectivity index (χ0) is 21.1. The van der Waals surface area contributed by atoms with Gasteiger partial charge in [-0.05, 0) is 36.8 Å². The van der Waals surface area contributed by atoms with Crippen molar-refractivity contribution in [3.63, 3.8) is 0 Å². The minimum Gasteiger partial charge on any atom is -0.348 e. The molecule has 1 aliphatic rings. The smallest absolute Gasteiger partial charge is 0.258 e. The van der Waals surface area contributed by atoms with Crippen molar-refractivity contribution in [2.24, 2.45) is 0 Å². The first-order chi connectivity index (χ1) is 15.1. The number of nitrogens with one attached hydrogen (secondary N) is 1. The van der Waals surface area contributed by atoms with Gasteiger partial charge < -0.3 is 9.88 Å². The number of halogens is 1. The highest BCUT2D eigenvalue weighted by atomic mass is 19.1. The van der Waals surface area contributed by atoms with E-state index in [9.17, 15) is 9.18 Å². The number of carbonyl (C=O) groups excluding carboxylic acids is 1. The molecule has 31 heavy (non-hydrogen) atoms. The fourth-order valence-corrected chi connectivity index (χ4v) is 4.34. The van der Waals surface area contributed by atoms with Crippen molar-refractivity contribution < 1.29 is 9.18 Å². The van der Waals surface area contributed by atoms with Crippen molar-refractivity contribution in [1.82, 2.24) is 34.1 Å². The second-order valence-corrected chi connectivity index (χ2v) is 7.77. The molecule has 1 atom stereocenters. The Hall–Kier alpha value is -4.01. The van der Waals surface area contributed by atoms with Crippen molar-refractivity contribution >= 4 is 16.9 Å². The number of aromatic amines is 1. The number of hydrogen-bond acceptors (Lipinski definition) is 4. The predicted octanol–water partition coefficient (Wildman–Crippen LogP) is 2.94. The van der Waals surface area contributed by atoms with E-state index in [2.05, 4.69) is 20.2 Å². The molecule has 0 radical (unpaired) electrons. The number of nitrogens with zero attached hydrogens (tertiary/aromatic N) is 6. The van der Waals surface area contributed by atoms with Crippen LogP contribution in [-0.2, 0) is 6.42 Å². The molecule has 1 amide bonds. The van der Waals surface area contributed by atoms with Crippen LogP contribution in [0.5, 0.6) is 0 Å². The normalized spacial score (nSPS) is 16.2. The molecule has 0 spiro atoms. The first-order valence-electron chi connectivity index (χ1n) is 10.0. The molecule has 154 valence electrons. The van der Waals surface area contributed by atoms with Crippen molar-refractivity contribution in [1.29, 1.82) is 0 Å². The van der Waals surface area contributed by atoms with Gasteiger partial charge in [0.1, 0.15) is 6.04 Å². The van der Waals surface area contributed by atoms with E-state index in [1.807, 2.05) is 25.3 Å². The van der Waals surface area contributed by atoms with E-state index in [1.165, 1.54) is 10.6 Å². The maximum atomic E-state index is 14.3.